The first-order chi connectivity index (χ1) is 8.34. The Hall–Kier alpha value is -1.34. The Morgan fingerprint density at radius 1 is 1.32 bits per heavy atom. The minimum atomic E-state index is -4.58. The molecule has 0 unspecified atom stereocenters. The van der Waals surface area contributed by atoms with Gasteiger partial charge in [0.05, 0.1) is 11.3 Å². The normalized spacial score (nSPS) is 10.8. The zero-order valence-electron chi connectivity index (χ0n) is 9.76. The first kappa shape index (κ1) is 17.7. The molecule has 0 aliphatic heterocycles. The summed E-state index contributed by atoms with van der Waals surface area (Å²) < 4.78 is 50.4. The number of nitrogens with two attached hydrogens (primary N) is 1. The summed E-state index contributed by atoms with van der Waals surface area (Å²) in [6.07, 6.45) is -4.16. The third-order valence-corrected chi connectivity index (χ3v) is 2.18. The lowest BCUT2D eigenvalue weighted by Crippen LogP contribution is -2.15. The average Bonchev–Trinajstić information content (AvgIpc) is 2.28. The van der Waals surface area contributed by atoms with E-state index in [4.69, 9.17) is 5.73 Å². The van der Waals surface area contributed by atoms with Crippen molar-refractivity contribution in [1.29, 1.82) is 0 Å². The summed E-state index contributed by atoms with van der Waals surface area (Å²) in [6.45, 7) is 0.276. The summed E-state index contributed by atoms with van der Waals surface area (Å²) in [7, 11) is 0. The highest BCUT2D eigenvalue weighted by molar-refractivity contribution is 5.90. The van der Waals surface area contributed by atoms with Crippen LogP contribution in [0.3, 0.4) is 0 Å². The van der Waals surface area contributed by atoms with Crippen molar-refractivity contribution in [3.05, 3.63) is 29.6 Å². The Morgan fingerprint density at radius 2 is 1.95 bits per heavy atom. The Bertz CT molecular complexity index is 437. The van der Waals surface area contributed by atoms with Crippen LogP contribution in [-0.4, -0.2) is 12.5 Å². The van der Waals surface area contributed by atoms with Crippen molar-refractivity contribution < 1.29 is 22.4 Å². The molecule has 0 aromatic heterocycles. The highest BCUT2D eigenvalue weighted by Gasteiger charge is 2.31. The molecule has 0 saturated heterocycles. The summed E-state index contributed by atoms with van der Waals surface area (Å²) in [5.41, 5.74) is 3.68. The Morgan fingerprint density at radius 3 is 2.47 bits per heavy atom. The first-order valence-electron chi connectivity index (χ1n) is 5.21. The number of nitrogens with one attached hydrogen (secondary N) is 1. The van der Waals surface area contributed by atoms with E-state index in [1.54, 1.807) is 0 Å². The molecule has 1 aromatic rings. The SMILES string of the molecule is Cl.NCCCC(=O)Nc1cc(C(F)(F)F)ccc1F. The van der Waals surface area contributed by atoms with Gasteiger partial charge in [0, 0.05) is 6.42 Å². The second-order valence-corrected chi connectivity index (χ2v) is 3.63. The van der Waals surface area contributed by atoms with Gasteiger partial charge in [-0.3, -0.25) is 4.79 Å². The van der Waals surface area contributed by atoms with E-state index in [-0.39, 0.29) is 25.4 Å². The molecule has 0 saturated carbocycles. The molecule has 1 aromatic carbocycles. The van der Waals surface area contributed by atoms with Crippen LogP contribution >= 0.6 is 12.4 Å². The first-order valence-corrected chi connectivity index (χ1v) is 5.21. The molecule has 0 atom stereocenters. The molecular formula is C11H13ClF4N2O. The Balaban J connectivity index is 0.00000324. The molecule has 19 heavy (non-hydrogen) atoms. The number of benzene rings is 1. The van der Waals surface area contributed by atoms with Crippen LogP contribution < -0.4 is 11.1 Å². The van der Waals surface area contributed by atoms with Crippen LogP contribution in [0.15, 0.2) is 18.2 Å². The van der Waals surface area contributed by atoms with E-state index in [1.807, 2.05) is 0 Å². The molecule has 0 fully saturated rings. The molecule has 0 spiro atoms. The second kappa shape index (κ2) is 7.30. The Labute approximate surface area is 113 Å². The third-order valence-electron chi connectivity index (χ3n) is 2.18. The van der Waals surface area contributed by atoms with Crippen molar-refractivity contribution in [3.63, 3.8) is 0 Å². The molecule has 0 bridgehead atoms. The van der Waals surface area contributed by atoms with Gasteiger partial charge in [0.25, 0.3) is 0 Å². The van der Waals surface area contributed by atoms with Crippen molar-refractivity contribution >= 4 is 24.0 Å². The maximum absolute atomic E-state index is 13.2. The van der Waals surface area contributed by atoms with Gasteiger partial charge in [-0.2, -0.15) is 13.2 Å². The number of alkyl halides is 3. The predicted octanol–water partition coefficient (Wildman–Crippen LogP) is 2.94. The van der Waals surface area contributed by atoms with Gasteiger partial charge in [-0.25, -0.2) is 4.39 Å². The summed E-state index contributed by atoms with van der Waals surface area (Å²) in [5.74, 6) is -1.48. The van der Waals surface area contributed by atoms with E-state index in [0.717, 1.165) is 0 Å². The number of amides is 1. The zero-order valence-corrected chi connectivity index (χ0v) is 10.6. The molecule has 3 nitrogen and oxygen atoms in total. The maximum atomic E-state index is 13.2. The van der Waals surface area contributed by atoms with Gasteiger partial charge in [0.15, 0.2) is 0 Å². The summed E-state index contributed by atoms with van der Waals surface area (Å²) in [5, 5.41) is 2.09. The lowest BCUT2D eigenvalue weighted by atomic mass is 10.2. The van der Waals surface area contributed by atoms with Crippen LogP contribution in [0.25, 0.3) is 0 Å². The topological polar surface area (TPSA) is 55.1 Å². The molecule has 3 N–H and O–H groups in total. The van der Waals surface area contributed by atoms with Crippen molar-refractivity contribution in [2.75, 3.05) is 11.9 Å². The van der Waals surface area contributed by atoms with E-state index < -0.39 is 29.2 Å². The van der Waals surface area contributed by atoms with Gasteiger partial charge in [0.2, 0.25) is 5.91 Å². The number of halogens is 5. The zero-order chi connectivity index (χ0) is 13.8. The molecule has 0 heterocycles. The fourth-order valence-electron chi connectivity index (χ4n) is 1.27. The van der Waals surface area contributed by atoms with E-state index in [2.05, 4.69) is 5.32 Å². The smallest absolute Gasteiger partial charge is 0.330 e. The molecule has 8 heteroatoms. The van der Waals surface area contributed by atoms with Crippen LogP contribution in [0, 0.1) is 5.82 Å². The maximum Gasteiger partial charge on any atom is 0.416 e. The van der Waals surface area contributed by atoms with Crippen molar-refractivity contribution in [2.45, 2.75) is 19.0 Å². The van der Waals surface area contributed by atoms with Gasteiger partial charge in [0.1, 0.15) is 5.82 Å². The number of rotatable bonds is 4. The molecule has 0 aliphatic rings. The minimum Gasteiger partial charge on any atom is -0.330 e. The molecule has 108 valence electrons. The average molecular weight is 301 g/mol. The summed E-state index contributed by atoms with van der Waals surface area (Å²) >= 11 is 0. The highest BCUT2D eigenvalue weighted by atomic mass is 35.5. The number of carbonyl (C=O) groups excluding carboxylic acids is 1. The largest absolute Gasteiger partial charge is 0.416 e. The van der Waals surface area contributed by atoms with Gasteiger partial charge < -0.3 is 11.1 Å². The van der Waals surface area contributed by atoms with E-state index in [9.17, 15) is 22.4 Å². The van der Waals surface area contributed by atoms with Crippen LogP contribution in [0.4, 0.5) is 23.2 Å². The van der Waals surface area contributed by atoms with Crippen LogP contribution in [0.1, 0.15) is 18.4 Å². The summed E-state index contributed by atoms with van der Waals surface area (Å²) in [6, 6.07) is 1.85. The lowest BCUT2D eigenvalue weighted by Gasteiger charge is -2.10. The monoisotopic (exact) mass is 300 g/mol. The van der Waals surface area contributed by atoms with E-state index in [0.29, 0.717) is 24.6 Å². The number of anilines is 1. The third kappa shape index (κ3) is 5.44. The minimum absolute atomic E-state index is 0. The van der Waals surface area contributed by atoms with Gasteiger partial charge >= 0.3 is 6.18 Å². The number of hydrogen-bond acceptors (Lipinski definition) is 2. The quantitative estimate of drug-likeness (QED) is 0.840. The van der Waals surface area contributed by atoms with Crippen molar-refractivity contribution in [2.24, 2.45) is 5.73 Å². The standard InChI is InChI=1S/C11H12F4N2O.ClH/c12-8-4-3-7(11(13,14)15)6-9(8)17-10(18)2-1-5-16;/h3-4,6H,1-2,5,16H2,(H,17,18);1H. The molecule has 1 amide bonds. The number of carbonyl (C=O) groups is 1. The summed E-state index contributed by atoms with van der Waals surface area (Å²) in [4.78, 5) is 11.3. The fourth-order valence-corrected chi connectivity index (χ4v) is 1.27. The molecular weight excluding hydrogens is 288 g/mol. The lowest BCUT2D eigenvalue weighted by molar-refractivity contribution is -0.137. The predicted molar refractivity (Wildman–Crippen MR) is 65.6 cm³/mol. The van der Waals surface area contributed by atoms with Crippen LogP contribution in [-0.2, 0) is 11.0 Å². The number of hydrogen-bond donors (Lipinski definition) is 2. The van der Waals surface area contributed by atoms with Gasteiger partial charge in [-0.15, -0.1) is 12.4 Å². The Kier molecular flexibility index (Phi) is 6.78. The highest BCUT2D eigenvalue weighted by Crippen LogP contribution is 2.31. The van der Waals surface area contributed by atoms with Crippen LogP contribution in [0.5, 0.6) is 0 Å². The van der Waals surface area contributed by atoms with Gasteiger partial charge in [-0.1, -0.05) is 0 Å². The van der Waals surface area contributed by atoms with E-state index in [1.165, 1.54) is 0 Å². The van der Waals surface area contributed by atoms with Gasteiger partial charge in [-0.05, 0) is 31.2 Å². The van der Waals surface area contributed by atoms with Crippen molar-refractivity contribution in [3.8, 4) is 0 Å². The molecule has 0 aliphatic carbocycles. The molecule has 0 radical (unpaired) electrons. The van der Waals surface area contributed by atoms with E-state index >= 15 is 0 Å². The second-order valence-electron chi connectivity index (χ2n) is 3.63. The van der Waals surface area contributed by atoms with Crippen LogP contribution in [0.2, 0.25) is 0 Å². The van der Waals surface area contributed by atoms with Crippen molar-refractivity contribution in [1.82, 2.24) is 0 Å². The fraction of sp³-hybridized carbons (Fsp3) is 0.364. The molecule has 1 rings (SSSR count).